The number of benzene rings is 1. The summed E-state index contributed by atoms with van der Waals surface area (Å²) in [5.74, 6) is 0.398. The Morgan fingerprint density at radius 2 is 2.21 bits per heavy atom. The van der Waals surface area contributed by atoms with Gasteiger partial charge >= 0.3 is 0 Å². The van der Waals surface area contributed by atoms with E-state index in [0.717, 1.165) is 35.5 Å². The highest BCUT2D eigenvalue weighted by Crippen LogP contribution is 2.38. The maximum atomic E-state index is 12.2. The zero-order chi connectivity index (χ0) is 17.1. The highest BCUT2D eigenvalue weighted by atomic mass is 32.2. The van der Waals surface area contributed by atoms with E-state index in [1.54, 1.807) is 7.11 Å². The average molecular weight is 362 g/mol. The number of rotatable bonds is 6. The summed E-state index contributed by atoms with van der Waals surface area (Å²) in [5.41, 5.74) is 7.01. The molecule has 1 aromatic carbocycles. The van der Waals surface area contributed by atoms with Gasteiger partial charge in [-0.2, -0.15) is 0 Å². The van der Waals surface area contributed by atoms with Gasteiger partial charge in [-0.3, -0.25) is 9.59 Å². The number of aryl methyl sites for hydroxylation is 1. The summed E-state index contributed by atoms with van der Waals surface area (Å²) in [6, 6.07) is 7.55. The molecule has 2 amide bonds. The van der Waals surface area contributed by atoms with E-state index < -0.39 is 5.91 Å². The van der Waals surface area contributed by atoms with Gasteiger partial charge in [0.2, 0.25) is 5.91 Å². The second-order valence-corrected chi connectivity index (χ2v) is 7.60. The van der Waals surface area contributed by atoms with Crippen LogP contribution in [0.5, 0.6) is 5.75 Å². The van der Waals surface area contributed by atoms with Crippen LogP contribution in [0, 0.1) is 0 Å². The number of ether oxygens (including phenoxy) is 1. The van der Waals surface area contributed by atoms with Gasteiger partial charge in [-0.1, -0.05) is 6.07 Å². The molecule has 126 valence electrons. The maximum absolute atomic E-state index is 12.2. The number of fused-ring (bicyclic) bond motifs is 1. The van der Waals surface area contributed by atoms with Crippen LogP contribution in [-0.4, -0.2) is 24.7 Å². The molecule has 0 aliphatic heterocycles. The van der Waals surface area contributed by atoms with Crippen LogP contribution in [0.2, 0.25) is 0 Å². The lowest BCUT2D eigenvalue weighted by atomic mass is 10.1. The van der Waals surface area contributed by atoms with Crippen molar-refractivity contribution in [2.24, 2.45) is 5.73 Å². The van der Waals surface area contributed by atoms with Crippen LogP contribution in [0.4, 0.5) is 5.00 Å². The summed E-state index contributed by atoms with van der Waals surface area (Å²) < 4.78 is 5.17. The molecule has 1 aliphatic carbocycles. The van der Waals surface area contributed by atoms with Gasteiger partial charge in [0.05, 0.1) is 18.4 Å². The molecule has 3 N–H and O–H groups in total. The van der Waals surface area contributed by atoms with Crippen molar-refractivity contribution in [2.75, 3.05) is 18.2 Å². The number of hydrogen-bond acceptors (Lipinski definition) is 5. The number of nitrogens with one attached hydrogen (secondary N) is 1. The number of amides is 2. The van der Waals surface area contributed by atoms with Crippen LogP contribution in [0.3, 0.4) is 0 Å². The number of thioether (sulfide) groups is 1. The normalized spacial score (nSPS) is 12.7. The largest absolute Gasteiger partial charge is 0.497 e. The molecule has 7 heteroatoms. The van der Waals surface area contributed by atoms with Crippen molar-refractivity contribution in [3.05, 3.63) is 40.3 Å². The van der Waals surface area contributed by atoms with Crippen molar-refractivity contribution in [2.45, 2.75) is 24.2 Å². The van der Waals surface area contributed by atoms with E-state index in [1.807, 2.05) is 24.3 Å². The summed E-state index contributed by atoms with van der Waals surface area (Å²) in [7, 11) is 1.61. The molecule has 0 unspecified atom stereocenters. The molecule has 0 spiro atoms. The van der Waals surface area contributed by atoms with Gasteiger partial charge in [0.25, 0.3) is 5.91 Å². The van der Waals surface area contributed by atoms with Crippen LogP contribution < -0.4 is 15.8 Å². The lowest BCUT2D eigenvalue weighted by Gasteiger charge is -2.07. The summed E-state index contributed by atoms with van der Waals surface area (Å²) >= 11 is 2.89. The van der Waals surface area contributed by atoms with Crippen LogP contribution in [0.1, 0.15) is 27.2 Å². The molecule has 2 aromatic rings. The standard InChI is InChI=1S/C17H18N2O3S2/c1-22-10-4-2-5-11(8-10)23-9-14(20)19-17-15(16(18)21)12-6-3-7-13(12)24-17/h2,4-5,8H,3,6-7,9H2,1H3,(H2,18,21)(H,19,20). The van der Waals surface area contributed by atoms with E-state index in [-0.39, 0.29) is 11.7 Å². The minimum absolute atomic E-state index is 0.148. The number of carbonyl (C=O) groups is 2. The third-order valence-corrected chi connectivity index (χ3v) is 6.03. The minimum atomic E-state index is -0.467. The van der Waals surface area contributed by atoms with Gasteiger partial charge in [0, 0.05) is 9.77 Å². The predicted molar refractivity (Wildman–Crippen MR) is 97.2 cm³/mol. The van der Waals surface area contributed by atoms with Gasteiger partial charge in [0.1, 0.15) is 10.8 Å². The molecule has 1 aliphatic rings. The van der Waals surface area contributed by atoms with Crippen molar-refractivity contribution in [1.82, 2.24) is 0 Å². The molecule has 0 bridgehead atoms. The SMILES string of the molecule is COc1cccc(SCC(=O)Nc2sc3c(c2C(N)=O)CCC3)c1. The fraction of sp³-hybridized carbons (Fsp3) is 0.294. The smallest absolute Gasteiger partial charge is 0.251 e. The molecule has 0 atom stereocenters. The Hall–Kier alpha value is -1.99. The molecular weight excluding hydrogens is 344 g/mol. The lowest BCUT2D eigenvalue weighted by molar-refractivity contribution is -0.113. The first-order valence-corrected chi connectivity index (χ1v) is 9.39. The minimum Gasteiger partial charge on any atom is -0.497 e. The Balaban J connectivity index is 1.66. The monoisotopic (exact) mass is 362 g/mol. The molecule has 0 radical (unpaired) electrons. The Bertz CT molecular complexity index is 786. The maximum Gasteiger partial charge on any atom is 0.251 e. The predicted octanol–water partition coefficient (Wildman–Crippen LogP) is 3.08. The molecule has 3 rings (SSSR count). The number of hydrogen-bond donors (Lipinski definition) is 2. The van der Waals surface area contributed by atoms with E-state index in [0.29, 0.717) is 10.6 Å². The third kappa shape index (κ3) is 3.57. The quantitative estimate of drug-likeness (QED) is 0.774. The van der Waals surface area contributed by atoms with Crippen molar-refractivity contribution in [3.63, 3.8) is 0 Å². The highest BCUT2D eigenvalue weighted by Gasteiger charge is 2.26. The molecule has 1 aromatic heterocycles. The first kappa shape index (κ1) is 16.9. The second kappa shape index (κ2) is 7.27. The average Bonchev–Trinajstić information content (AvgIpc) is 3.13. The van der Waals surface area contributed by atoms with Crippen molar-refractivity contribution in [3.8, 4) is 5.75 Å². The van der Waals surface area contributed by atoms with E-state index in [2.05, 4.69) is 5.32 Å². The van der Waals surface area contributed by atoms with E-state index >= 15 is 0 Å². The third-order valence-electron chi connectivity index (χ3n) is 3.83. The van der Waals surface area contributed by atoms with Crippen LogP contribution in [-0.2, 0) is 17.6 Å². The zero-order valence-corrected chi connectivity index (χ0v) is 14.9. The number of carbonyl (C=O) groups excluding carboxylic acids is 2. The van der Waals surface area contributed by atoms with Crippen molar-refractivity contribution >= 4 is 39.9 Å². The number of primary amides is 1. The van der Waals surface area contributed by atoms with Crippen LogP contribution in [0.15, 0.2) is 29.2 Å². The van der Waals surface area contributed by atoms with Gasteiger partial charge in [0.15, 0.2) is 0 Å². The number of nitrogens with two attached hydrogens (primary N) is 1. The Kier molecular flexibility index (Phi) is 5.11. The molecule has 1 heterocycles. The van der Waals surface area contributed by atoms with Crippen LogP contribution in [0.25, 0.3) is 0 Å². The number of anilines is 1. The summed E-state index contributed by atoms with van der Waals surface area (Å²) in [6.07, 6.45) is 2.86. The molecule has 24 heavy (non-hydrogen) atoms. The lowest BCUT2D eigenvalue weighted by Crippen LogP contribution is -2.18. The first-order chi connectivity index (χ1) is 11.6. The molecular formula is C17H18N2O3S2. The summed E-state index contributed by atoms with van der Waals surface area (Å²) in [6.45, 7) is 0. The highest BCUT2D eigenvalue weighted by molar-refractivity contribution is 8.00. The first-order valence-electron chi connectivity index (χ1n) is 7.59. The molecule has 5 nitrogen and oxygen atoms in total. The fourth-order valence-electron chi connectivity index (χ4n) is 2.76. The number of thiophene rings is 1. The number of methoxy groups -OCH3 is 1. The van der Waals surface area contributed by atoms with Gasteiger partial charge in [-0.15, -0.1) is 23.1 Å². The molecule has 0 saturated carbocycles. The molecule has 0 saturated heterocycles. The second-order valence-electron chi connectivity index (χ2n) is 5.44. The Morgan fingerprint density at radius 3 is 2.96 bits per heavy atom. The summed E-state index contributed by atoms with van der Waals surface area (Å²) in [5, 5.41) is 3.43. The van der Waals surface area contributed by atoms with Gasteiger partial charge < -0.3 is 15.8 Å². The van der Waals surface area contributed by atoms with Gasteiger partial charge in [-0.05, 0) is 43.0 Å². The van der Waals surface area contributed by atoms with E-state index in [4.69, 9.17) is 10.5 Å². The summed E-state index contributed by atoms with van der Waals surface area (Å²) in [4.78, 5) is 26.1. The van der Waals surface area contributed by atoms with Crippen molar-refractivity contribution in [1.29, 1.82) is 0 Å². The topological polar surface area (TPSA) is 81.4 Å². The Morgan fingerprint density at radius 1 is 1.38 bits per heavy atom. The molecule has 0 fully saturated rings. The fourth-order valence-corrected chi connectivity index (χ4v) is 4.81. The van der Waals surface area contributed by atoms with E-state index in [9.17, 15) is 9.59 Å². The zero-order valence-electron chi connectivity index (χ0n) is 13.3. The van der Waals surface area contributed by atoms with Crippen molar-refractivity contribution < 1.29 is 14.3 Å². The Labute approximate surface area is 148 Å². The van der Waals surface area contributed by atoms with Crippen LogP contribution >= 0.6 is 23.1 Å². The van der Waals surface area contributed by atoms with Gasteiger partial charge in [-0.25, -0.2) is 0 Å². The van der Waals surface area contributed by atoms with E-state index in [1.165, 1.54) is 28.0 Å².